The van der Waals surface area contributed by atoms with Crippen LogP contribution in [0.3, 0.4) is 0 Å². The number of anilines is 2. The van der Waals surface area contributed by atoms with Crippen molar-refractivity contribution in [3.05, 3.63) is 58.6 Å². The number of rotatable bonds is 6. The lowest BCUT2D eigenvalue weighted by Crippen LogP contribution is -2.27. The number of halogens is 1. The first-order chi connectivity index (χ1) is 11.5. The minimum Gasteiger partial charge on any atom is -0.378 e. The van der Waals surface area contributed by atoms with Crippen LogP contribution in [0.5, 0.6) is 0 Å². The molecule has 2 amide bonds. The van der Waals surface area contributed by atoms with Crippen molar-refractivity contribution in [1.29, 1.82) is 0 Å². The molecular weight excluding hydrogens is 370 g/mol. The van der Waals surface area contributed by atoms with E-state index in [4.69, 9.17) is 0 Å². The molecule has 0 aromatic heterocycles. The minimum atomic E-state index is -0.189. The molecule has 0 fully saturated rings. The second-order valence-corrected chi connectivity index (χ2v) is 6.42. The van der Waals surface area contributed by atoms with Gasteiger partial charge >= 0.3 is 0 Å². The van der Waals surface area contributed by atoms with Gasteiger partial charge in [0.25, 0.3) is 5.91 Å². The van der Waals surface area contributed by atoms with Gasteiger partial charge in [0.15, 0.2) is 0 Å². The molecule has 24 heavy (non-hydrogen) atoms. The van der Waals surface area contributed by atoms with E-state index in [1.165, 1.54) is 0 Å². The van der Waals surface area contributed by atoms with E-state index >= 15 is 0 Å². The highest BCUT2D eigenvalue weighted by Gasteiger charge is 2.07. The number of benzene rings is 2. The maximum absolute atomic E-state index is 11.9. The van der Waals surface area contributed by atoms with E-state index in [0.717, 1.165) is 15.8 Å². The van der Waals surface area contributed by atoms with Crippen LogP contribution in [0.1, 0.15) is 16.8 Å². The molecule has 0 saturated heterocycles. The zero-order valence-corrected chi connectivity index (χ0v) is 15.3. The summed E-state index contributed by atoms with van der Waals surface area (Å²) in [6.45, 7) is 0.288. The first kappa shape index (κ1) is 18.0. The Kier molecular flexibility index (Phi) is 6.37. The average molecular weight is 390 g/mol. The van der Waals surface area contributed by atoms with Gasteiger partial charge in [-0.1, -0.05) is 15.9 Å². The van der Waals surface area contributed by atoms with Gasteiger partial charge in [0.05, 0.1) is 0 Å². The number of amides is 2. The molecule has 2 aromatic carbocycles. The molecule has 0 atom stereocenters. The van der Waals surface area contributed by atoms with E-state index in [-0.39, 0.29) is 24.8 Å². The molecule has 0 unspecified atom stereocenters. The smallest absolute Gasteiger partial charge is 0.251 e. The van der Waals surface area contributed by atoms with Crippen molar-refractivity contribution in [3.8, 4) is 0 Å². The molecule has 0 aliphatic carbocycles. The molecule has 0 spiro atoms. The van der Waals surface area contributed by atoms with Crippen molar-refractivity contribution in [2.75, 3.05) is 30.9 Å². The van der Waals surface area contributed by atoms with Gasteiger partial charge in [0.1, 0.15) is 0 Å². The molecule has 0 heterocycles. The maximum atomic E-state index is 11.9. The molecule has 2 rings (SSSR count). The normalized spacial score (nSPS) is 10.1. The van der Waals surface area contributed by atoms with E-state index < -0.39 is 0 Å². The minimum absolute atomic E-state index is 0.135. The molecule has 0 aliphatic rings. The Labute approximate surface area is 150 Å². The number of carbonyl (C=O) groups is 2. The molecule has 2 N–H and O–H groups in total. The Hall–Kier alpha value is -2.34. The van der Waals surface area contributed by atoms with Crippen molar-refractivity contribution in [1.82, 2.24) is 5.32 Å². The quantitative estimate of drug-likeness (QED) is 0.796. The van der Waals surface area contributed by atoms with Gasteiger partial charge in [-0.05, 0) is 48.5 Å². The van der Waals surface area contributed by atoms with Crippen LogP contribution >= 0.6 is 15.9 Å². The first-order valence-corrected chi connectivity index (χ1v) is 8.36. The third-order valence-corrected chi connectivity index (χ3v) is 3.94. The van der Waals surface area contributed by atoms with Gasteiger partial charge in [0.2, 0.25) is 5.91 Å². The van der Waals surface area contributed by atoms with Crippen molar-refractivity contribution in [2.24, 2.45) is 0 Å². The second kappa shape index (κ2) is 8.49. The summed E-state index contributed by atoms with van der Waals surface area (Å²) in [6, 6.07) is 14.6. The van der Waals surface area contributed by atoms with Crippen LogP contribution in [0.4, 0.5) is 11.4 Å². The monoisotopic (exact) mass is 389 g/mol. The summed E-state index contributed by atoms with van der Waals surface area (Å²) in [4.78, 5) is 25.8. The zero-order chi connectivity index (χ0) is 17.5. The Balaban J connectivity index is 1.76. The lowest BCUT2D eigenvalue weighted by molar-refractivity contribution is -0.116. The lowest BCUT2D eigenvalue weighted by Gasteiger charge is -2.13. The molecule has 0 aliphatic heterocycles. The number of hydrogen-bond donors (Lipinski definition) is 2. The highest BCUT2D eigenvalue weighted by Crippen LogP contribution is 2.15. The van der Waals surface area contributed by atoms with Crippen molar-refractivity contribution >= 4 is 39.1 Å². The molecule has 2 aromatic rings. The second-order valence-electron chi connectivity index (χ2n) is 5.50. The van der Waals surface area contributed by atoms with Crippen LogP contribution in [0.15, 0.2) is 53.0 Å². The van der Waals surface area contributed by atoms with Gasteiger partial charge in [-0.25, -0.2) is 0 Å². The highest BCUT2D eigenvalue weighted by atomic mass is 79.9. The highest BCUT2D eigenvalue weighted by molar-refractivity contribution is 9.10. The van der Waals surface area contributed by atoms with Gasteiger partial charge in [-0.3, -0.25) is 9.59 Å². The zero-order valence-electron chi connectivity index (χ0n) is 13.7. The lowest BCUT2D eigenvalue weighted by atomic mass is 10.2. The Morgan fingerprint density at radius 3 is 2.21 bits per heavy atom. The Morgan fingerprint density at radius 2 is 1.62 bits per heavy atom. The molecule has 0 saturated carbocycles. The van der Waals surface area contributed by atoms with Crippen LogP contribution < -0.4 is 15.5 Å². The SMILES string of the molecule is CN(C)c1ccc(NC(=O)CCNC(=O)c2ccc(Br)cc2)cc1. The summed E-state index contributed by atoms with van der Waals surface area (Å²) in [5.74, 6) is -0.325. The Bertz CT molecular complexity index is 697. The molecule has 5 nitrogen and oxygen atoms in total. The fourth-order valence-corrected chi connectivity index (χ4v) is 2.32. The molecule has 126 valence electrons. The maximum Gasteiger partial charge on any atom is 0.251 e. The van der Waals surface area contributed by atoms with E-state index in [2.05, 4.69) is 26.6 Å². The summed E-state index contributed by atoms with van der Waals surface area (Å²) in [5.41, 5.74) is 2.37. The van der Waals surface area contributed by atoms with Crippen molar-refractivity contribution in [3.63, 3.8) is 0 Å². The van der Waals surface area contributed by atoms with Crippen LogP contribution in [0, 0.1) is 0 Å². The molecule has 6 heteroatoms. The van der Waals surface area contributed by atoms with Crippen molar-refractivity contribution in [2.45, 2.75) is 6.42 Å². The largest absolute Gasteiger partial charge is 0.378 e. The van der Waals surface area contributed by atoms with Gasteiger partial charge in [-0.15, -0.1) is 0 Å². The summed E-state index contributed by atoms with van der Waals surface area (Å²) in [7, 11) is 3.92. The molecule has 0 radical (unpaired) electrons. The molecular formula is C18H20BrN3O2. The third kappa shape index (κ3) is 5.38. The van der Waals surface area contributed by atoms with Crippen LogP contribution in [0.2, 0.25) is 0 Å². The summed E-state index contributed by atoms with van der Waals surface area (Å²) < 4.78 is 0.915. The number of nitrogens with one attached hydrogen (secondary N) is 2. The standard InChI is InChI=1S/C18H20BrN3O2/c1-22(2)16-9-7-15(8-10-16)21-17(23)11-12-20-18(24)13-3-5-14(19)6-4-13/h3-10H,11-12H2,1-2H3,(H,20,24)(H,21,23). The summed E-state index contributed by atoms with van der Waals surface area (Å²) >= 11 is 3.32. The Morgan fingerprint density at radius 1 is 1.00 bits per heavy atom. The fraction of sp³-hybridized carbons (Fsp3) is 0.222. The predicted octanol–water partition coefficient (Wildman–Crippen LogP) is 3.27. The number of nitrogens with zero attached hydrogens (tertiary/aromatic N) is 1. The van der Waals surface area contributed by atoms with E-state index in [1.807, 2.05) is 43.3 Å². The average Bonchev–Trinajstić information content (AvgIpc) is 2.55. The van der Waals surface area contributed by atoms with Crippen LogP contribution in [-0.2, 0) is 4.79 Å². The third-order valence-electron chi connectivity index (χ3n) is 3.41. The van der Waals surface area contributed by atoms with E-state index in [0.29, 0.717) is 5.56 Å². The first-order valence-electron chi connectivity index (χ1n) is 7.57. The summed E-state index contributed by atoms with van der Waals surface area (Å²) in [5, 5.41) is 5.55. The summed E-state index contributed by atoms with van der Waals surface area (Å²) in [6.07, 6.45) is 0.220. The fourth-order valence-electron chi connectivity index (χ4n) is 2.06. The number of carbonyl (C=O) groups excluding carboxylic acids is 2. The topological polar surface area (TPSA) is 61.4 Å². The number of hydrogen-bond acceptors (Lipinski definition) is 3. The van der Waals surface area contributed by atoms with E-state index in [1.54, 1.807) is 24.3 Å². The van der Waals surface area contributed by atoms with Gasteiger partial charge in [-0.2, -0.15) is 0 Å². The van der Waals surface area contributed by atoms with Gasteiger partial charge in [0, 0.05) is 48.5 Å². The van der Waals surface area contributed by atoms with E-state index in [9.17, 15) is 9.59 Å². The molecule has 0 bridgehead atoms. The van der Waals surface area contributed by atoms with Gasteiger partial charge < -0.3 is 15.5 Å². The predicted molar refractivity (Wildman–Crippen MR) is 100 cm³/mol. The van der Waals surface area contributed by atoms with Crippen LogP contribution in [0.25, 0.3) is 0 Å². The van der Waals surface area contributed by atoms with Crippen LogP contribution in [-0.4, -0.2) is 32.5 Å². The van der Waals surface area contributed by atoms with Crippen molar-refractivity contribution < 1.29 is 9.59 Å².